The first-order valence-corrected chi connectivity index (χ1v) is 15.0. The lowest BCUT2D eigenvalue weighted by Gasteiger charge is -2.38. The summed E-state index contributed by atoms with van der Waals surface area (Å²) < 4.78 is 5.35. The number of anilines is 1. The van der Waals surface area contributed by atoms with E-state index >= 15 is 0 Å². The van der Waals surface area contributed by atoms with Crippen molar-refractivity contribution in [3.63, 3.8) is 0 Å². The molecule has 0 saturated heterocycles. The van der Waals surface area contributed by atoms with E-state index in [1.807, 2.05) is 36.4 Å². The number of rotatable bonds is 8. The number of aromatic amines is 1. The maximum atomic E-state index is 14.1. The second-order valence-electron chi connectivity index (χ2n) is 9.93. The Hall–Kier alpha value is -3.01. The molecule has 0 spiro atoms. The number of hydrogen-bond acceptors (Lipinski definition) is 3. The molecule has 2 aromatic carbocycles. The first kappa shape index (κ1) is 27.6. The molecule has 0 fully saturated rings. The normalized spacial score (nSPS) is 12.4. The highest BCUT2D eigenvalue weighted by molar-refractivity contribution is 6.90. The van der Waals surface area contributed by atoms with E-state index in [-0.39, 0.29) is 5.91 Å². The van der Waals surface area contributed by atoms with Crippen LogP contribution >= 0.6 is 11.6 Å². The molecule has 7 heteroatoms. The van der Waals surface area contributed by atoms with Crippen LogP contribution in [0.25, 0.3) is 0 Å². The van der Waals surface area contributed by atoms with Gasteiger partial charge in [0.2, 0.25) is 0 Å². The Bertz CT molecular complexity index is 1190. The Balaban J connectivity index is 2.23. The highest BCUT2D eigenvalue weighted by Gasteiger charge is 2.42. The molecule has 1 N–H and O–H groups in total. The third-order valence-electron chi connectivity index (χ3n) is 7.04. The van der Waals surface area contributed by atoms with Crippen molar-refractivity contribution in [3.05, 3.63) is 77.3 Å². The molecule has 0 aliphatic heterocycles. The van der Waals surface area contributed by atoms with E-state index in [1.165, 1.54) is 0 Å². The molecule has 3 aromatic rings. The van der Waals surface area contributed by atoms with Crippen LogP contribution in [0, 0.1) is 11.5 Å². The van der Waals surface area contributed by atoms with Crippen LogP contribution in [-0.4, -0.2) is 31.1 Å². The fourth-order valence-electron chi connectivity index (χ4n) is 5.34. The molecule has 1 aromatic heterocycles. The maximum absolute atomic E-state index is 14.1. The highest BCUT2D eigenvalue weighted by Crippen LogP contribution is 2.41. The number of nitrogens with zero attached hydrogens (tertiary/aromatic N) is 2. The van der Waals surface area contributed by atoms with Crippen LogP contribution in [0.2, 0.25) is 21.6 Å². The van der Waals surface area contributed by atoms with Crippen molar-refractivity contribution in [2.24, 2.45) is 0 Å². The molecule has 190 valence electrons. The fraction of sp³-hybridized carbons (Fsp3) is 0.379. The number of carbonyl (C=O) groups excluding carboxylic acids is 1. The van der Waals surface area contributed by atoms with Gasteiger partial charge in [0.05, 0.1) is 12.1 Å². The number of aromatic nitrogens is 2. The molecule has 0 bridgehead atoms. The van der Waals surface area contributed by atoms with Gasteiger partial charge in [0.25, 0.3) is 0 Å². The minimum absolute atomic E-state index is 0.291. The number of ether oxygens (including phenoxy) is 1. The molecule has 36 heavy (non-hydrogen) atoms. The Morgan fingerprint density at radius 1 is 1.03 bits per heavy atom. The van der Waals surface area contributed by atoms with E-state index in [9.17, 15) is 4.79 Å². The smallest absolute Gasteiger partial charge is 0.303 e. The highest BCUT2D eigenvalue weighted by atomic mass is 35.5. The number of methoxy groups -OCH3 is 1. The van der Waals surface area contributed by atoms with Gasteiger partial charge in [-0.05, 0) is 46.3 Å². The van der Waals surface area contributed by atoms with Gasteiger partial charge < -0.3 is 9.72 Å². The summed E-state index contributed by atoms with van der Waals surface area (Å²) >= 11 is 6.51. The average Bonchev–Trinajstić information content (AvgIpc) is 3.37. The zero-order valence-electron chi connectivity index (χ0n) is 22.2. The van der Waals surface area contributed by atoms with E-state index in [4.69, 9.17) is 16.3 Å². The molecule has 0 aliphatic rings. The monoisotopic (exact) mass is 521 g/mol. The van der Waals surface area contributed by atoms with Crippen molar-refractivity contribution in [2.45, 2.75) is 64.2 Å². The van der Waals surface area contributed by atoms with Crippen LogP contribution in [0.5, 0.6) is 5.75 Å². The number of amides is 1. The molecular formula is C29H36ClN3O2Si. The van der Waals surface area contributed by atoms with Crippen LogP contribution in [0.15, 0.2) is 60.9 Å². The molecule has 1 heterocycles. The third kappa shape index (κ3) is 5.53. The number of imidazole rings is 1. The quantitative estimate of drug-likeness (QED) is 0.248. The van der Waals surface area contributed by atoms with Crippen molar-refractivity contribution in [3.8, 4) is 17.2 Å². The molecule has 0 saturated carbocycles. The van der Waals surface area contributed by atoms with Crippen LogP contribution in [-0.2, 0) is 4.79 Å². The molecule has 1 amide bonds. The second-order valence-corrected chi connectivity index (χ2v) is 15.9. The van der Waals surface area contributed by atoms with Gasteiger partial charge in [0.15, 0.2) is 0 Å². The predicted octanol–water partition coefficient (Wildman–Crippen LogP) is 7.42. The van der Waals surface area contributed by atoms with Gasteiger partial charge in [-0.25, -0.2) is 4.98 Å². The predicted molar refractivity (Wildman–Crippen MR) is 151 cm³/mol. The zero-order valence-corrected chi connectivity index (χ0v) is 23.9. The van der Waals surface area contributed by atoms with Crippen molar-refractivity contribution in [2.75, 3.05) is 12.0 Å². The third-order valence-corrected chi connectivity index (χ3v) is 13.6. The second kappa shape index (κ2) is 11.8. The number of H-pyrrole nitrogens is 1. The maximum Gasteiger partial charge on any atom is 0.303 e. The first-order valence-electron chi connectivity index (χ1n) is 12.4. The number of halogens is 1. The van der Waals surface area contributed by atoms with Crippen molar-refractivity contribution in [1.82, 2.24) is 9.97 Å². The summed E-state index contributed by atoms with van der Waals surface area (Å²) in [6, 6.07) is 14.7. The summed E-state index contributed by atoms with van der Waals surface area (Å²) in [5.74, 6) is 4.00. The van der Waals surface area contributed by atoms with Crippen LogP contribution < -0.4 is 9.64 Å². The summed E-state index contributed by atoms with van der Waals surface area (Å²) in [5.41, 5.74) is 6.35. The van der Waals surface area contributed by atoms with E-state index in [1.54, 1.807) is 36.5 Å². The van der Waals surface area contributed by atoms with E-state index in [2.05, 4.69) is 63.0 Å². The SMILES string of the molecule is COc1ccc(N(C(=O)C#C[Si](C(C)C)(C(C)C)C(C)C)C(c2ccccc2)c2ncc[nH]2)cc1Cl. The Morgan fingerprint density at radius 3 is 2.17 bits per heavy atom. The van der Waals surface area contributed by atoms with Gasteiger partial charge in [-0.1, -0.05) is 83.5 Å². The average molecular weight is 522 g/mol. The largest absolute Gasteiger partial charge is 0.495 e. The summed E-state index contributed by atoms with van der Waals surface area (Å²) in [5, 5.41) is 0.419. The molecule has 3 rings (SSSR count). The lowest BCUT2D eigenvalue weighted by atomic mass is 10.0. The number of nitrogens with one attached hydrogen (secondary N) is 1. The van der Waals surface area contributed by atoms with Gasteiger partial charge in [0, 0.05) is 18.1 Å². The van der Waals surface area contributed by atoms with Crippen LogP contribution in [0.3, 0.4) is 0 Å². The van der Waals surface area contributed by atoms with Crippen LogP contribution in [0.1, 0.15) is 59.0 Å². The van der Waals surface area contributed by atoms with Gasteiger partial charge in [-0.3, -0.25) is 9.69 Å². The topological polar surface area (TPSA) is 58.2 Å². The Kier molecular flexibility index (Phi) is 9.05. The minimum atomic E-state index is -2.12. The lowest BCUT2D eigenvalue weighted by Crippen LogP contribution is -2.44. The summed E-state index contributed by atoms with van der Waals surface area (Å²) in [7, 11) is -0.553. The summed E-state index contributed by atoms with van der Waals surface area (Å²) in [6.07, 6.45) is 3.45. The molecule has 0 aliphatic carbocycles. The first-order chi connectivity index (χ1) is 17.1. The van der Waals surface area contributed by atoms with Gasteiger partial charge in [-0.15, -0.1) is 5.54 Å². The van der Waals surface area contributed by atoms with Crippen LogP contribution in [0.4, 0.5) is 5.69 Å². The molecule has 1 atom stereocenters. The van der Waals surface area contributed by atoms with Gasteiger partial charge in [-0.2, -0.15) is 0 Å². The lowest BCUT2D eigenvalue weighted by molar-refractivity contribution is -0.113. The molecule has 5 nitrogen and oxygen atoms in total. The molecule has 0 radical (unpaired) electrons. The van der Waals surface area contributed by atoms with E-state index in [0.29, 0.717) is 38.9 Å². The van der Waals surface area contributed by atoms with E-state index in [0.717, 1.165) is 5.56 Å². The molecular weight excluding hydrogens is 486 g/mol. The number of benzene rings is 2. The Labute approximate surface area is 221 Å². The summed E-state index contributed by atoms with van der Waals surface area (Å²) in [4.78, 5) is 23.5. The van der Waals surface area contributed by atoms with Gasteiger partial charge in [0.1, 0.15) is 25.7 Å². The number of hydrogen-bond donors (Lipinski definition) is 1. The number of carbonyl (C=O) groups is 1. The zero-order chi connectivity index (χ0) is 26.5. The summed E-state index contributed by atoms with van der Waals surface area (Å²) in [6.45, 7) is 13.4. The van der Waals surface area contributed by atoms with Crippen molar-refractivity contribution < 1.29 is 9.53 Å². The standard InChI is InChI=1S/C29H36ClN3O2Si/c1-20(2)36(21(3)4,22(5)6)18-15-27(34)33(24-13-14-26(35-7)25(30)19-24)28(29-31-16-17-32-29)23-11-9-8-10-12-23/h8-14,16-17,19-22,28H,1-7H3,(H,31,32). The van der Waals surface area contributed by atoms with Gasteiger partial charge >= 0.3 is 5.91 Å². The fourth-order valence-corrected chi connectivity index (χ4v) is 10.8. The van der Waals surface area contributed by atoms with Crippen molar-refractivity contribution in [1.29, 1.82) is 0 Å². The minimum Gasteiger partial charge on any atom is -0.495 e. The van der Waals surface area contributed by atoms with Crippen molar-refractivity contribution >= 4 is 31.3 Å². The Morgan fingerprint density at radius 2 is 1.67 bits per heavy atom. The molecule has 1 unspecified atom stereocenters. The van der Waals surface area contributed by atoms with E-state index < -0.39 is 14.1 Å².